The number of carbonyl (C=O) groups excluding carboxylic acids is 1. The second-order valence-corrected chi connectivity index (χ2v) is 5.94. The first-order valence-electron chi connectivity index (χ1n) is 8.61. The van der Waals surface area contributed by atoms with Gasteiger partial charge in [0, 0.05) is 12.1 Å². The molecule has 1 unspecified atom stereocenters. The molecule has 0 aliphatic carbocycles. The Labute approximate surface area is 153 Å². The number of nitrogens with zero attached hydrogens (tertiary/aromatic N) is 1. The Morgan fingerprint density at radius 2 is 1.54 bits per heavy atom. The van der Waals surface area contributed by atoms with Gasteiger partial charge in [-0.3, -0.25) is 4.98 Å². The van der Waals surface area contributed by atoms with Crippen molar-refractivity contribution in [2.45, 2.75) is 18.9 Å². The minimum Gasteiger partial charge on any atom is -0.462 e. The molecule has 0 amide bonds. The molecule has 132 valence electrons. The molecular weight excluding hydrogens is 326 g/mol. The molecule has 1 aromatic heterocycles. The fraction of sp³-hybridized carbons (Fsp3) is 0.182. The summed E-state index contributed by atoms with van der Waals surface area (Å²) in [4.78, 5) is 16.1. The van der Waals surface area contributed by atoms with Crippen LogP contribution in [0.2, 0.25) is 0 Å². The molecule has 2 aromatic carbocycles. The predicted molar refractivity (Wildman–Crippen MR) is 99.9 cm³/mol. The number of benzene rings is 2. The fourth-order valence-corrected chi connectivity index (χ4v) is 2.96. The molecular formula is C22H21NO3. The van der Waals surface area contributed by atoms with Crippen LogP contribution in [0.15, 0.2) is 79.0 Å². The SMILES string of the molecule is CCOC(=O)c1ccc(C(O)C(c2ccccc2)c2ccccc2)nc1. The van der Waals surface area contributed by atoms with E-state index in [0.29, 0.717) is 17.9 Å². The molecule has 4 nitrogen and oxygen atoms in total. The van der Waals surface area contributed by atoms with Crippen molar-refractivity contribution < 1.29 is 14.6 Å². The highest BCUT2D eigenvalue weighted by Crippen LogP contribution is 2.35. The van der Waals surface area contributed by atoms with Gasteiger partial charge in [-0.2, -0.15) is 0 Å². The van der Waals surface area contributed by atoms with Gasteiger partial charge in [0.05, 0.1) is 17.9 Å². The number of esters is 1. The third-order valence-corrected chi connectivity index (χ3v) is 4.23. The summed E-state index contributed by atoms with van der Waals surface area (Å²) in [5.74, 6) is -0.665. The van der Waals surface area contributed by atoms with E-state index in [4.69, 9.17) is 4.74 Å². The quantitative estimate of drug-likeness (QED) is 0.681. The monoisotopic (exact) mass is 347 g/mol. The lowest BCUT2D eigenvalue weighted by Crippen LogP contribution is -2.14. The average Bonchev–Trinajstić information content (AvgIpc) is 2.70. The maximum Gasteiger partial charge on any atom is 0.339 e. The van der Waals surface area contributed by atoms with Gasteiger partial charge < -0.3 is 9.84 Å². The summed E-state index contributed by atoms with van der Waals surface area (Å²) in [7, 11) is 0. The summed E-state index contributed by atoms with van der Waals surface area (Å²) < 4.78 is 4.97. The van der Waals surface area contributed by atoms with E-state index in [-0.39, 0.29) is 5.92 Å². The Bertz CT molecular complexity index is 793. The van der Waals surface area contributed by atoms with E-state index in [2.05, 4.69) is 4.98 Å². The summed E-state index contributed by atoms with van der Waals surface area (Å²) >= 11 is 0. The van der Waals surface area contributed by atoms with Crippen LogP contribution in [0.5, 0.6) is 0 Å². The standard InChI is InChI=1S/C22H21NO3/c1-2-26-22(25)18-13-14-19(23-15-18)21(24)20(16-9-5-3-6-10-16)17-11-7-4-8-12-17/h3-15,20-21,24H,2H2,1H3. The number of aliphatic hydroxyl groups is 1. The van der Waals surface area contributed by atoms with Crippen LogP contribution in [0, 0.1) is 0 Å². The molecule has 0 aliphatic rings. The summed E-state index contributed by atoms with van der Waals surface area (Å²) in [5, 5.41) is 11.0. The van der Waals surface area contributed by atoms with Crippen molar-refractivity contribution in [3.05, 3.63) is 101 Å². The van der Waals surface area contributed by atoms with Crippen LogP contribution in [-0.2, 0) is 4.74 Å². The highest BCUT2D eigenvalue weighted by atomic mass is 16.5. The zero-order valence-electron chi connectivity index (χ0n) is 14.6. The van der Waals surface area contributed by atoms with Crippen LogP contribution in [0.3, 0.4) is 0 Å². The van der Waals surface area contributed by atoms with Crippen molar-refractivity contribution >= 4 is 5.97 Å². The summed E-state index contributed by atoms with van der Waals surface area (Å²) in [6, 6.07) is 23.0. The van der Waals surface area contributed by atoms with E-state index in [0.717, 1.165) is 11.1 Å². The van der Waals surface area contributed by atoms with Gasteiger partial charge in [-0.15, -0.1) is 0 Å². The Morgan fingerprint density at radius 3 is 2.00 bits per heavy atom. The molecule has 3 rings (SSSR count). The van der Waals surface area contributed by atoms with Crippen molar-refractivity contribution in [1.82, 2.24) is 4.98 Å². The zero-order valence-corrected chi connectivity index (χ0v) is 14.6. The van der Waals surface area contributed by atoms with Crippen molar-refractivity contribution in [2.75, 3.05) is 6.61 Å². The van der Waals surface area contributed by atoms with Gasteiger partial charge in [-0.05, 0) is 30.2 Å². The van der Waals surface area contributed by atoms with Crippen LogP contribution in [0.4, 0.5) is 0 Å². The average molecular weight is 347 g/mol. The molecule has 0 saturated carbocycles. The molecule has 1 heterocycles. The van der Waals surface area contributed by atoms with E-state index >= 15 is 0 Å². The van der Waals surface area contributed by atoms with Crippen LogP contribution >= 0.6 is 0 Å². The second kappa shape index (κ2) is 8.41. The van der Waals surface area contributed by atoms with Crippen molar-refractivity contribution in [1.29, 1.82) is 0 Å². The number of carbonyl (C=O) groups is 1. The molecule has 0 bridgehead atoms. The minimum atomic E-state index is -0.837. The highest BCUT2D eigenvalue weighted by molar-refractivity contribution is 5.88. The highest BCUT2D eigenvalue weighted by Gasteiger charge is 2.25. The number of aliphatic hydroxyl groups excluding tert-OH is 1. The Kier molecular flexibility index (Phi) is 5.77. The van der Waals surface area contributed by atoms with Crippen molar-refractivity contribution in [3.63, 3.8) is 0 Å². The van der Waals surface area contributed by atoms with Crippen LogP contribution in [-0.4, -0.2) is 22.7 Å². The third-order valence-electron chi connectivity index (χ3n) is 4.23. The van der Waals surface area contributed by atoms with Gasteiger partial charge in [0.1, 0.15) is 6.10 Å². The second-order valence-electron chi connectivity index (χ2n) is 5.94. The number of pyridine rings is 1. The molecule has 4 heteroatoms. The number of rotatable bonds is 6. The van der Waals surface area contributed by atoms with Gasteiger partial charge in [0.2, 0.25) is 0 Å². The normalized spacial score (nSPS) is 12.0. The van der Waals surface area contributed by atoms with Gasteiger partial charge in [0.15, 0.2) is 0 Å². The smallest absolute Gasteiger partial charge is 0.339 e. The predicted octanol–water partition coefficient (Wildman–Crippen LogP) is 4.12. The first-order valence-corrected chi connectivity index (χ1v) is 8.61. The molecule has 3 aromatic rings. The van der Waals surface area contributed by atoms with Crippen LogP contribution in [0.1, 0.15) is 46.1 Å². The molecule has 0 saturated heterocycles. The van der Waals surface area contributed by atoms with E-state index in [1.54, 1.807) is 19.1 Å². The maximum absolute atomic E-state index is 11.8. The van der Waals surface area contributed by atoms with Crippen molar-refractivity contribution in [3.8, 4) is 0 Å². The molecule has 0 spiro atoms. The van der Waals surface area contributed by atoms with E-state index < -0.39 is 12.1 Å². The summed E-state index contributed by atoms with van der Waals surface area (Å²) in [5.41, 5.74) is 2.89. The van der Waals surface area contributed by atoms with E-state index in [1.165, 1.54) is 6.20 Å². The molecule has 0 aliphatic heterocycles. The zero-order chi connectivity index (χ0) is 18.4. The van der Waals surface area contributed by atoms with Gasteiger partial charge in [-0.25, -0.2) is 4.79 Å². The number of aromatic nitrogens is 1. The van der Waals surface area contributed by atoms with Crippen LogP contribution < -0.4 is 0 Å². The van der Waals surface area contributed by atoms with Crippen LogP contribution in [0.25, 0.3) is 0 Å². The first kappa shape index (κ1) is 17.8. The third kappa shape index (κ3) is 3.98. The topological polar surface area (TPSA) is 59.4 Å². The maximum atomic E-state index is 11.8. The summed E-state index contributed by atoms with van der Waals surface area (Å²) in [6.45, 7) is 2.07. The summed E-state index contributed by atoms with van der Waals surface area (Å²) in [6.07, 6.45) is 0.611. The van der Waals surface area contributed by atoms with E-state index in [9.17, 15) is 9.90 Å². The molecule has 1 atom stereocenters. The minimum absolute atomic E-state index is 0.252. The largest absolute Gasteiger partial charge is 0.462 e. The number of hydrogen-bond acceptors (Lipinski definition) is 4. The van der Waals surface area contributed by atoms with Gasteiger partial charge in [0.25, 0.3) is 0 Å². The first-order chi connectivity index (χ1) is 12.7. The molecule has 0 radical (unpaired) electrons. The Hall–Kier alpha value is -2.98. The Morgan fingerprint density at radius 1 is 0.962 bits per heavy atom. The Balaban J connectivity index is 1.93. The lowest BCUT2D eigenvalue weighted by Gasteiger charge is -2.24. The van der Waals surface area contributed by atoms with Gasteiger partial charge in [-0.1, -0.05) is 60.7 Å². The fourth-order valence-electron chi connectivity index (χ4n) is 2.96. The molecule has 26 heavy (non-hydrogen) atoms. The van der Waals surface area contributed by atoms with E-state index in [1.807, 2.05) is 60.7 Å². The van der Waals surface area contributed by atoms with Crippen molar-refractivity contribution in [2.24, 2.45) is 0 Å². The molecule has 1 N–H and O–H groups in total. The lowest BCUT2D eigenvalue weighted by atomic mass is 9.85. The lowest BCUT2D eigenvalue weighted by molar-refractivity contribution is 0.0525. The van der Waals surface area contributed by atoms with Gasteiger partial charge >= 0.3 is 5.97 Å². The molecule has 0 fully saturated rings. The number of ether oxygens (including phenoxy) is 1. The number of hydrogen-bond donors (Lipinski definition) is 1.